The molecule has 0 fully saturated rings. The Labute approximate surface area is 210 Å². The van der Waals surface area contributed by atoms with Gasteiger partial charge in [-0.15, -0.1) is 0 Å². The molecule has 3 aromatic rings. The van der Waals surface area contributed by atoms with Gasteiger partial charge in [0.2, 0.25) is 0 Å². The van der Waals surface area contributed by atoms with Crippen molar-refractivity contribution in [3.63, 3.8) is 0 Å². The summed E-state index contributed by atoms with van der Waals surface area (Å²) in [6.07, 6.45) is 2.50. The lowest BCUT2D eigenvalue weighted by molar-refractivity contribution is -0.0233. The van der Waals surface area contributed by atoms with Crippen molar-refractivity contribution in [2.45, 2.75) is 33.0 Å². The zero-order chi connectivity index (χ0) is 25.6. The molecule has 0 saturated heterocycles. The second-order valence-electron chi connectivity index (χ2n) is 9.90. The molecule has 4 N–H and O–H groups in total. The molecule has 2 aliphatic heterocycles. The van der Waals surface area contributed by atoms with Crippen LogP contribution >= 0.6 is 0 Å². The molecule has 36 heavy (non-hydrogen) atoms. The molecule has 0 radical (unpaired) electrons. The van der Waals surface area contributed by atoms with Crippen LogP contribution in [0.15, 0.2) is 48.6 Å². The van der Waals surface area contributed by atoms with Gasteiger partial charge in [-0.05, 0) is 52.8 Å². The molecule has 0 aliphatic carbocycles. The SMILES string of the molecule is C=C(C#N)CN1Cc2c(-c3ccc4[nH]nc(C5=CCN(C(O)C(C)C)CC5)c4c3)ccc(N)c2C1=O. The molecule has 0 spiro atoms. The molecule has 0 bridgehead atoms. The zero-order valence-corrected chi connectivity index (χ0v) is 20.6. The van der Waals surface area contributed by atoms with E-state index in [0.29, 0.717) is 29.9 Å². The number of nitrogens with one attached hydrogen (secondary N) is 1. The van der Waals surface area contributed by atoms with E-state index < -0.39 is 6.23 Å². The molecule has 2 aromatic carbocycles. The highest BCUT2D eigenvalue weighted by Gasteiger charge is 2.32. The lowest BCUT2D eigenvalue weighted by Crippen LogP contribution is -2.41. The number of H-pyrrole nitrogens is 1. The molecular weight excluding hydrogens is 452 g/mol. The first-order valence-corrected chi connectivity index (χ1v) is 12.2. The topological polar surface area (TPSA) is 122 Å². The number of aromatic amines is 1. The minimum Gasteiger partial charge on any atom is -0.398 e. The first-order chi connectivity index (χ1) is 17.3. The number of carbonyl (C=O) groups is 1. The van der Waals surface area contributed by atoms with Gasteiger partial charge < -0.3 is 15.7 Å². The minimum atomic E-state index is -0.453. The van der Waals surface area contributed by atoms with Crippen molar-refractivity contribution < 1.29 is 9.90 Å². The van der Waals surface area contributed by atoms with Crippen LogP contribution in [0.1, 0.15) is 41.9 Å². The second kappa shape index (κ2) is 9.26. The fourth-order valence-electron chi connectivity index (χ4n) is 5.16. The van der Waals surface area contributed by atoms with Crippen LogP contribution in [0.4, 0.5) is 5.69 Å². The Bertz CT molecular complexity index is 1440. The van der Waals surface area contributed by atoms with E-state index in [1.54, 1.807) is 11.0 Å². The molecular formula is C28H30N6O2. The number of nitriles is 1. The Kier molecular flexibility index (Phi) is 6.12. The highest BCUT2D eigenvalue weighted by atomic mass is 16.3. The molecule has 0 saturated carbocycles. The van der Waals surface area contributed by atoms with Crippen LogP contribution < -0.4 is 5.73 Å². The van der Waals surface area contributed by atoms with E-state index in [1.807, 2.05) is 38.1 Å². The van der Waals surface area contributed by atoms with Crippen molar-refractivity contribution in [2.75, 3.05) is 25.4 Å². The molecule has 2 aliphatic rings. The Balaban J connectivity index is 1.50. The molecule has 184 valence electrons. The standard InChI is InChI=1S/C28H30N6O2/c1-16(2)27(35)33-10-8-18(9-11-33)26-21-12-19(4-7-24(21)31-32-26)20-5-6-23(30)25-22(20)15-34(28(25)36)14-17(3)13-29/h4-8,12,16,27,35H,3,9-11,14-15,30H2,1-2H3,(H,31,32). The number of anilines is 1. The number of nitrogens with zero attached hydrogens (tertiary/aromatic N) is 4. The van der Waals surface area contributed by atoms with Crippen LogP contribution in [-0.2, 0) is 6.54 Å². The highest BCUT2D eigenvalue weighted by molar-refractivity contribution is 6.05. The van der Waals surface area contributed by atoms with E-state index in [-0.39, 0.29) is 18.4 Å². The van der Waals surface area contributed by atoms with Crippen LogP contribution in [0.25, 0.3) is 27.6 Å². The number of carbonyl (C=O) groups excluding carboxylic acids is 1. The summed E-state index contributed by atoms with van der Waals surface area (Å²) in [5.41, 5.74) is 13.3. The van der Waals surface area contributed by atoms with Crippen LogP contribution in [0, 0.1) is 17.2 Å². The normalized spacial score (nSPS) is 16.8. The van der Waals surface area contributed by atoms with Gasteiger partial charge in [-0.25, -0.2) is 0 Å². The third-order valence-electron chi connectivity index (χ3n) is 7.12. The Hall–Kier alpha value is -3.93. The fourth-order valence-corrected chi connectivity index (χ4v) is 5.16. The average molecular weight is 483 g/mol. The summed E-state index contributed by atoms with van der Waals surface area (Å²) < 4.78 is 0. The Morgan fingerprint density at radius 3 is 2.83 bits per heavy atom. The Morgan fingerprint density at radius 1 is 1.33 bits per heavy atom. The van der Waals surface area contributed by atoms with Crippen LogP contribution in [0.2, 0.25) is 0 Å². The summed E-state index contributed by atoms with van der Waals surface area (Å²) in [7, 11) is 0. The summed E-state index contributed by atoms with van der Waals surface area (Å²) in [4.78, 5) is 16.7. The predicted molar refractivity (Wildman–Crippen MR) is 140 cm³/mol. The number of fused-ring (bicyclic) bond motifs is 2. The van der Waals surface area contributed by atoms with Gasteiger partial charge in [-0.3, -0.25) is 14.8 Å². The van der Waals surface area contributed by atoms with Crippen LogP contribution in [0.3, 0.4) is 0 Å². The third kappa shape index (κ3) is 4.06. The van der Waals surface area contributed by atoms with Gasteiger partial charge >= 0.3 is 0 Å². The molecule has 8 nitrogen and oxygen atoms in total. The van der Waals surface area contributed by atoms with Crippen LogP contribution in [0.5, 0.6) is 0 Å². The number of aliphatic hydroxyl groups excluding tert-OH is 1. The Morgan fingerprint density at radius 2 is 2.14 bits per heavy atom. The van der Waals surface area contributed by atoms with E-state index >= 15 is 0 Å². The van der Waals surface area contributed by atoms with E-state index in [9.17, 15) is 9.90 Å². The summed E-state index contributed by atoms with van der Waals surface area (Å²) in [6, 6.07) is 11.9. The van der Waals surface area contributed by atoms with Gasteiger partial charge in [0.1, 0.15) is 6.23 Å². The smallest absolute Gasteiger partial charge is 0.256 e. The minimum absolute atomic E-state index is 0.175. The van der Waals surface area contributed by atoms with Gasteiger partial charge in [0.05, 0.1) is 29.4 Å². The van der Waals surface area contributed by atoms with Crippen molar-refractivity contribution in [1.82, 2.24) is 20.0 Å². The van der Waals surface area contributed by atoms with Gasteiger partial charge in [0, 0.05) is 36.3 Å². The lowest BCUT2D eigenvalue weighted by atomic mass is 9.93. The van der Waals surface area contributed by atoms with Gasteiger partial charge in [0.25, 0.3) is 5.91 Å². The highest BCUT2D eigenvalue weighted by Crippen LogP contribution is 2.38. The summed E-state index contributed by atoms with van der Waals surface area (Å²) >= 11 is 0. The molecule has 8 heteroatoms. The first-order valence-electron chi connectivity index (χ1n) is 12.2. The second-order valence-corrected chi connectivity index (χ2v) is 9.90. The van der Waals surface area contributed by atoms with Crippen LogP contribution in [-0.4, -0.2) is 56.9 Å². The molecule has 1 amide bonds. The summed E-state index contributed by atoms with van der Waals surface area (Å²) in [5.74, 6) is 0.00228. The maximum absolute atomic E-state index is 13.1. The predicted octanol–water partition coefficient (Wildman–Crippen LogP) is 3.91. The van der Waals surface area contributed by atoms with Crippen molar-refractivity contribution in [2.24, 2.45) is 5.92 Å². The largest absolute Gasteiger partial charge is 0.398 e. The van der Waals surface area contributed by atoms with Gasteiger partial charge in [0.15, 0.2) is 0 Å². The van der Waals surface area contributed by atoms with Gasteiger partial charge in [-0.2, -0.15) is 10.4 Å². The molecule has 5 rings (SSSR count). The molecule has 1 aromatic heterocycles. The maximum Gasteiger partial charge on any atom is 0.256 e. The number of hydrogen-bond acceptors (Lipinski definition) is 6. The summed E-state index contributed by atoms with van der Waals surface area (Å²) in [5, 5.41) is 28.3. The number of nitrogen functional groups attached to an aromatic ring is 1. The number of rotatable bonds is 6. The van der Waals surface area contributed by atoms with E-state index in [4.69, 9.17) is 11.0 Å². The molecule has 3 heterocycles. The van der Waals surface area contributed by atoms with Crippen molar-refractivity contribution >= 4 is 28.1 Å². The number of hydrogen-bond donors (Lipinski definition) is 3. The van der Waals surface area contributed by atoms with Crippen molar-refractivity contribution in [1.29, 1.82) is 5.26 Å². The third-order valence-corrected chi connectivity index (χ3v) is 7.12. The number of aromatic nitrogens is 2. The monoisotopic (exact) mass is 482 g/mol. The summed E-state index contributed by atoms with van der Waals surface area (Å²) in [6.45, 7) is 9.79. The van der Waals surface area contributed by atoms with E-state index in [2.05, 4.69) is 33.8 Å². The number of amides is 1. The van der Waals surface area contributed by atoms with E-state index in [0.717, 1.165) is 51.8 Å². The van der Waals surface area contributed by atoms with Gasteiger partial charge in [-0.1, -0.05) is 38.6 Å². The van der Waals surface area contributed by atoms with Crippen molar-refractivity contribution in [3.05, 3.63) is 65.4 Å². The maximum atomic E-state index is 13.1. The number of nitrogens with two attached hydrogens (primary N) is 1. The van der Waals surface area contributed by atoms with E-state index in [1.165, 1.54) is 0 Å². The lowest BCUT2D eigenvalue weighted by Gasteiger charge is -2.32. The quantitative estimate of drug-likeness (QED) is 0.362. The first kappa shape index (κ1) is 23.8. The number of aliphatic hydroxyl groups is 1. The average Bonchev–Trinajstić information content (AvgIpc) is 3.45. The molecule has 1 atom stereocenters. The zero-order valence-electron chi connectivity index (χ0n) is 20.6. The molecule has 1 unspecified atom stereocenters. The number of benzene rings is 2. The van der Waals surface area contributed by atoms with Crippen molar-refractivity contribution in [3.8, 4) is 17.2 Å². The fraction of sp³-hybridized carbons (Fsp3) is 0.321.